The van der Waals surface area contributed by atoms with Gasteiger partial charge in [0.1, 0.15) is 0 Å². The lowest BCUT2D eigenvalue weighted by atomic mass is 9.96. The van der Waals surface area contributed by atoms with Crippen molar-refractivity contribution in [1.82, 2.24) is 15.5 Å². The van der Waals surface area contributed by atoms with Crippen molar-refractivity contribution in [2.24, 2.45) is 5.92 Å². The topological polar surface area (TPSA) is 87.7 Å². The van der Waals surface area contributed by atoms with Crippen molar-refractivity contribution in [3.63, 3.8) is 0 Å². The van der Waals surface area contributed by atoms with Gasteiger partial charge in [0.15, 0.2) is 0 Å². The molecule has 150 valence electrons. The van der Waals surface area contributed by atoms with E-state index in [0.29, 0.717) is 24.7 Å². The summed E-state index contributed by atoms with van der Waals surface area (Å²) in [7, 11) is 0. The quantitative estimate of drug-likeness (QED) is 0.676. The van der Waals surface area contributed by atoms with Crippen LogP contribution in [0.25, 0.3) is 0 Å². The van der Waals surface area contributed by atoms with E-state index in [4.69, 9.17) is 4.74 Å². The summed E-state index contributed by atoms with van der Waals surface area (Å²) in [5, 5.41) is 13.0. The molecule has 1 N–H and O–H groups in total. The summed E-state index contributed by atoms with van der Waals surface area (Å²) < 4.78 is 5.48. The SMILES string of the molecule is CC(C)OCCCNC(=O)C1CCN(c2nnc(N3CCCC3=O)s2)CC1. The van der Waals surface area contributed by atoms with Gasteiger partial charge in [-0.05, 0) is 39.5 Å². The van der Waals surface area contributed by atoms with Crippen LogP contribution in [0.3, 0.4) is 0 Å². The lowest BCUT2D eigenvalue weighted by Gasteiger charge is -2.30. The van der Waals surface area contributed by atoms with Crippen LogP contribution < -0.4 is 15.1 Å². The minimum absolute atomic E-state index is 0.0554. The number of aromatic nitrogens is 2. The van der Waals surface area contributed by atoms with Gasteiger partial charge in [-0.2, -0.15) is 0 Å². The first-order chi connectivity index (χ1) is 13.0. The summed E-state index contributed by atoms with van der Waals surface area (Å²) >= 11 is 1.47. The molecule has 3 heterocycles. The number of hydrogen-bond acceptors (Lipinski definition) is 7. The Hall–Kier alpha value is -1.74. The lowest BCUT2D eigenvalue weighted by molar-refractivity contribution is -0.125. The van der Waals surface area contributed by atoms with Gasteiger partial charge in [0.2, 0.25) is 22.1 Å². The molecule has 2 aliphatic heterocycles. The number of amides is 2. The summed E-state index contributed by atoms with van der Waals surface area (Å²) in [6, 6.07) is 0. The molecule has 9 heteroatoms. The molecule has 2 saturated heterocycles. The van der Waals surface area contributed by atoms with Gasteiger partial charge in [-0.1, -0.05) is 11.3 Å². The summed E-state index contributed by atoms with van der Waals surface area (Å²) in [5.41, 5.74) is 0. The number of anilines is 2. The zero-order valence-corrected chi connectivity index (χ0v) is 17.0. The molecule has 27 heavy (non-hydrogen) atoms. The normalized spacial score (nSPS) is 18.6. The van der Waals surface area contributed by atoms with E-state index in [1.165, 1.54) is 11.3 Å². The van der Waals surface area contributed by atoms with Crippen molar-refractivity contribution in [2.45, 2.75) is 52.1 Å². The summed E-state index contributed by atoms with van der Waals surface area (Å²) in [6.07, 6.45) is 4.18. The van der Waals surface area contributed by atoms with Crippen molar-refractivity contribution in [3.05, 3.63) is 0 Å². The molecule has 0 unspecified atom stereocenters. The molecule has 0 atom stereocenters. The van der Waals surface area contributed by atoms with Crippen molar-refractivity contribution in [1.29, 1.82) is 0 Å². The monoisotopic (exact) mass is 395 g/mol. The standard InChI is InChI=1S/C18H29N5O3S/c1-13(2)26-12-4-8-19-16(25)14-6-10-22(11-7-14)17-20-21-18(27-17)23-9-3-5-15(23)24/h13-14H,3-12H2,1-2H3,(H,19,25). The Bertz CT molecular complexity index is 643. The molecule has 0 aromatic carbocycles. The van der Waals surface area contributed by atoms with Crippen molar-refractivity contribution < 1.29 is 14.3 Å². The number of rotatable bonds is 8. The second kappa shape index (κ2) is 9.45. The van der Waals surface area contributed by atoms with Gasteiger partial charge in [-0.15, -0.1) is 10.2 Å². The summed E-state index contributed by atoms with van der Waals surface area (Å²) in [5.74, 6) is 0.325. The number of piperidine rings is 1. The predicted molar refractivity (Wildman–Crippen MR) is 105 cm³/mol. The zero-order chi connectivity index (χ0) is 19.2. The molecule has 0 spiro atoms. The first-order valence-electron chi connectivity index (χ1n) is 9.82. The van der Waals surface area contributed by atoms with E-state index in [1.807, 2.05) is 13.8 Å². The fraction of sp³-hybridized carbons (Fsp3) is 0.778. The van der Waals surface area contributed by atoms with Crippen LogP contribution in [-0.2, 0) is 14.3 Å². The Morgan fingerprint density at radius 3 is 2.67 bits per heavy atom. The maximum atomic E-state index is 12.3. The molecule has 0 bridgehead atoms. The maximum absolute atomic E-state index is 12.3. The number of carbonyl (C=O) groups is 2. The fourth-order valence-corrected chi connectivity index (χ4v) is 4.32. The van der Waals surface area contributed by atoms with Crippen LogP contribution in [0.5, 0.6) is 0 Å². The number of nitrogens with one attached hydrogen (secondary N) is 1. The van der Waals surface area contributed by atoms with Crippen LogP contribution in [0, 0.1) is 5.92 Å². The molecule has 8 nitrogen and oxygen atoms in total. The van der Waals surface area contributed by atoms with Crippen LogP contribution in [0.2, 0.25) is 0 Å². The van der Waals surface area contributed by atoms with Crippen molar-refractivity contribution in [2.75, 3.05) is 42.6 Å². The van der Waals surface area contributed by atoms with E-state index in [0.717, 1.165) is 50.4 Å². The summed E-state index contributed by atoms with van der Waals surface area (Å²) in [6.45, 7) is 7.67. The van der Waals surface area contributed by atoms with E-state index in [1.54, 1.807) is 4.90 Å². The van der Waals surface area contributed by atoms with E-state index < -0.39 is 0 Å². The number of carbonyl (C=O) groups excluding carboxylic acids is 2. The number of nitrogens with zero attached hydrogens (tertiary/aromatic N) is 4. The maximum Gasteiger partial charge on any atom is 0.228 e. The molecule has 3 rings (SSSR count). The van der Waals surface area contributed by atoms with E-state index >= 15 is 0 Å². The van der Waals surface area contributed by atoms with Gasteiger partial charge in [0.25, 0.3) is 0 Å². The molecule has 1 aromatic rings. The molecule has 2 fully saturated rings. The Kier molecular flexibility index (Phi) is 7.01. The van der Waals surface area contributed by atoms with E-state index in [9.17, 15) is 9.59 Å². The van der Waals surface area contributed by atoms with Crippen LogP contribution >= 0.6 is 11.3 Å². The highest BCUT2D eigenvalue weighted by molar-refractivity contribution is 7.19. The molecule has 1 aromatic heterocycles. The first-order valence-corrected chi connectivity index (χ1v) is 10.6. The Morgan fingerprint density at radius 2 is 2.00 bits per heavy atom. The van der Waals surface area contributed by atoms with Crippen LogP contribution in [-0.4, -0.2) is 60.9 Å². The lowest BCUT2D eigenvalue weighted by Crippen LogP contribution is -2.41. The van der Waals surface area contributed by atoms with Gasteiger partial charge >= 0.3 is 0 Å². The van der Waals surface area contributed by atoms with Gasteiger partial charge in [0.05, 0.1) is 6.10 Å². The molecular weight excluding hydrogens is 366 g/mol. The molecule has 0 saturated carbocycles. The molecule has 0 radical (unpaired) electrons. The first kappa shape index (κ1) is 20.0. The highest BCUT2D eigenvalue weighted by atomic mass is 32.1. The Balaban J connectivity index is 1.40. The Labute approximate surface area is 164 Å². The highest BCUT2D eigenvalue weighted by Gasteiger charge is 2.29. The highest BCUT2D eigenvalue weighted by Crippen LogP contribution is 2.32. The van der Waals surface area contributed by atoms with Crippen LogP contribution in [0.1, 0.15) is 46.0 Å². The smallest absolute Gasteiger partial charge is 0.228 e. The minimum Gasteiger partial charge on any atom is -0.379 e. The second-order valence-corrected chi connectivity index (χ2v) is 8.28. The number of ether oxygens (including phenoxy) is 1. The molecule has 2 aliphatic rings. The minimum atomic E-state index is 0.0554. The third-order valence-corrected chi connectivity index (χ3v) is 5.92. The van der Waals surface area contributed by atoms with Crippen LogP contribution in [0.15, 0.2) is 0 Å². The average Bonchev–Trinajstić information content (AvgIpc) is 3.30. The average molecular weight is 396 g/mol. The second-order valence-electron chi connectivity index (χ2n) is 7.34. The number of hydrogen-bond donors (Lipinski definition) is 1. The molecular formula is C18H29N5O3S. The molecule has 0 aliphatic carbocycles. The van der Waals surface area contributed by atoms with Gasteiger partial charge in [-0.25, -0.2) is 0 Å². The molecule has 2 amide bonds. The van der Waals surface area contributed by atoms with E-state index in [-0.39, 0.29) is 23.8 Å². The van der Waals surface area contributed by atoms with Crippen LogP contribution in [0.4, 0.5) is 10.3 Å². The van der Waals surface area contributed by atoms with Gasteiger partial charge < -0.3 is 15.0 Å². The third-order valence-electron chi connectivity index (χ3n) is 4.92. The largest absolute Gasteiger partial charge is 0.379 e. The van der Waals surface area contributed by atoms with Crippen molar-refractivity contribution in [3.8, 4) is 0 Å². The van der Waals surface area contributed by atoms with Crippen molar-refractivity contribution >= 4 is 33.4 Å². The fourth-order valence-electron chi connectivity index (χ4n) is 3.38. The van der Waals surface area contributed by atoms with Gasteiger partial charge in [0, 0.05) is 45.1 Å². The third kappa shape index (κ3) is 5.38. The van der Waals surface area contributed by atoms with Gasteiger partial charge in [-0.3, -0.25) is 14.5 Å². The predicted octanol–water partition coefficient (Wildman–Crippen LogP) is 1.81. The van der Waals surface area contributed by atoms with E-state index in [2.05, 4.69) is 20.4 Å². The Morgan fingerprint density at radius 1 is 1.26 bits per heavy atom. The summed E-state index contributed by atoms with van der Waals surface area (Å²) in [4.78, 5) is 28.0. The zero-order valence-electron chi connectivity index (χ0n) is 16.1.